The minimum Gasteiger partial charge on any atom is -0.383 e. The van der Waals surface area contributed by atoms with Crippen LogP contribution in [0, 0.1) is 12.8 Å². The summed E-state index contributed by atoms with van der Waals surface area (Å²) in [5.41, 5.74) is 14.4. The van der Waals surface area contributed by atoms with Crippen LogP contribution in [-0.4, -0.2) is 34.1 Å². The maximum atomic E-state index is 10.9. The Balaban J connectivity index is 2.04. The van der Waals surface area contributed by atoms with Gasteiger partial charge in [0.1, 0.15) is 0 Å². The molecule has 6 N–H and O–H groups in total. The maximum absolute atomic E-state index is 10.9. The third-order valence-electron chi connectivity index (χ3n) is 4.57. The number of nitrogens with one attached hydrogen (secondary N) is 2. The number of hydrogen-bond acceptors (Lipinski definition) is 5. The van der Waals surface area contributed by atoms with Crippen molar-refractivity contribution in [2.45, 2.75) is 45.7 Å². The van der Waals surface area contributed by atoms with Crippen LogP contribution in [0.15, 0.2) is 30.5 Å². The standard InChI is InChI=1S/C19H31N7O/c1-13(2)18(20)17-12-26(25-24-17)16(5-4-10-22-19(21)27)11-23-15-8-6-14(3)7-9-15/h6-9,12-13,16,18,23H,4-5,10-11,20H2,1-3H3,(H3,21,22,27)/t16-,18-/m0/s1. The van der Waals surface area contributed by atoms with Gasteiger partial charge in [0.25, 0.3) is 0 Å². The number of nitrogens with zero attached hydrogens (tertiary/aromatic N) is 3. The van der Waals surface area contributed by atoms with Crippen LogP contribution in [0.3, 0.4) is 0 Å². The molecule has 1 heterocycles. The Morgan fingerprint density at radius 1 is 1.26 bits per heavy atom. The molecule has 27 heavy (non-hydrogen) atoms. The van der Waals surface area contributed by atoms with Crippen molar-refractivity contribution in [1.29, 1.82) is 0 Å². The third kappa shape index (κ3) is 6.56. The van der Waals surface area contributed by atoms with Gasteiger partial charge >= 0.3 is 6.03 Å². The number of carbonyl (C=O) groups is 1. The Morgan fingerprint density at radius 2 is 1.96 bits per heavy atom. The van der Waals surface area contributed by atoms with Crippen molar-refractivity contribution in [2.24, 2.45) is 17.4 Å². The first-order valence-electron chi connectivity index (χ1n) is 9.38. The van der Waals surface area contributed by atoms with Gasteiger partial charge in [0.05, 0.1) is 24.0 Å². The Morgan fingerprint density at radius 3 is 2.59 bits per heavy atom. The summed E-state index contributed by atoms with van der Waals surface area (Å²) in [7, 11) is 0. The first-order chi connectivity index (χ1) is 12.9. The summed E-state index contributed by atoms with van der Waals surface area (Å²) in [5, 5.41) is 14.6. The summed E-state index contributed by atoms with van der Waals surface area (Å²) in [6.07, 6.45) is 3.53. The van der Waals surface area contributed by atoms with E-state index in [0.29, 0.717) is 19.0 Å². The van der Waals surface area contributed by atoms with E-state index in [1.54, 1.807) is 0 Å². The zero-order chi connectivity index (χ0) is 19.8. The number of rotatable bonds is 10. The van der Waals surface area contributed by atoms with E-state index in [-0.39, 0.29) is 12.1 Å². The number of anilines is 1. The number of aryl methyl sites for hydroxylation is 1. The highest BCUT2D eigenvalue weighted by atomic mass is 16.2. The van der Waals surface area contributed by atoms with E-state index in [2.05, 4.69) is 66.0 Å². The molecule has 0 saturated heterocycles. The van der Waals surface area contributed by atoms with Gasteiger partial charge in [-0.25, -0.2) is 9.48 Å². The van der Waals surface area contributed by atoms with E-state index < -0.39 is 6.03 Å². The molecule has 8 nitrogen and oxygen atoms in total. The zero-order valence-electron chi connectivity index (χ0n) is 16.4. The molecule has 0 aliphatic carbocycles. The second kappa shape index (κ2) is 9.91. The van der Waals surface area contributed by atoms with Crippen LogP contribution in [0.5, 0.6) is 0 Å². The zero-order valence-corrected chi connectivity index (χ0v) is 16.4. The van der Waals surface area contributed by atoms with E-state index in [9.17, 15) is 4.79 Å². The molecule has 1 aromatic heterocycles. The lowest BCUT2D eigenvalue weighted by Gasteiger charge is -2.19. The maximum Gasteiger partial charge on any atom is 0.312 e. The van der Waals surface area contributed by atoms with E-state index in [1.807, 2.05) is 10.9 Å². The van der Waals surface area contributed by atoms with Crippen LogP contribution in [0.2, 0.25) is 0 Å². The average molecular weight is 374 g/mol. The van der Waals surface area contributed by atoms with Crippen LogP contribution in [0.4, 0.5) is 10.5 Å². The molecule has 148 valence electrons. The molecular formula is C19H31N7O. The summed E-state index contributed by atoms with van der Waals surface area (Å²) >= 11 is 0. The van der Waals surface area contributed by atoms with Gasteiger partial charge in [0.2, 0.25) is 0 Å². The molecule has 0 saturated carbocycles. The lowest BCUT2D eigenvalue weighted by atomic mass is 10.0. The monoisotopic (exact) mass is 373 g/mol. The molecule has 2 rings (SSSR count). The van der Waals surface area contributed by atoms with Gasteiger partial charge in [-0.05, 0) is 37.8 Å². The summed E-state index contributed by atoms with van der Waals surface area (Å²) < 4.78 is 1.86. The van der Waals surface area contributed by atoms with Crippen molar-refractivity contribution in [2.75, 3.05) is 18.4 Å². The summed E-state index contributed by atoms with van der Waals surface area (Å²) in [5.74, 6) is 0.291. The molecule has 1 aromatic carbocycles. The largest absolute Gasteiger partial charge is 0.383 e. The summed E-state index contributed by atoms with van der Waals surface area (Å²) in [4.78, 5) is 10.9. The minimum absolute atomic E-state index is 0.0848. The Labute approximate surface area is 160 Å². The SMILES string of the molecule is Cc1ccc(NC[C@H](CCCNC(N)=O)n2cc([C@@H](N)C(C)C)nn2)cc1. The number of urea groups is 1. The van der Waals surface area contributed by atoms with Crippen molar-refractivity contribution in [1.82, 2.24) is 20.3 Å². The highest BCUT2D eigenvalue weighted by molar-refractivity contribution is 5.71. The predicted molar refractivity (Wildman–Crippen MR) is 107 cm³/mol. The Hall–Kier alpha value is -2.61. The van der Waals surface area contributed by atoms with Crippen LogP contribution >= 0.6 is 0 Å². The molecular weight excluding hydrogens is 342 g/mol. The molecule has 2 aromatic rings. The summed E-state index contributed by atoms with van der Waals surface area (Å²) in [6, 6.07) is 7.70. The van der Waals surface area contributed by atoms with Gasteiger partial charge in [0, 0.05) is 18.8 Å². The molecule has 0 spiro atoms. The van der Waals surface area contributed by atoms with Gasteiger partial charge in [0.15, 0.2) is 0 Å². The number of hydrogen-bond donors (Lipinski definition) is 4. The highest BCUT2D eigenvalue weighted by Crippen LogP contribution is 2.20. The summed E-state index contributed by atoms with van der Waals surface area (Å²) in [6.45, 7) is 7.42. The number of benzene rings is 1. The van der Waals surface area contributed by atoms with Gasteiger partial charge in [-0.15, -0.1) is 5.10 Å². The topological polar surface area (TPSA) is 124 Å². The molecule has 0 aliphatic heterocycles. The van der Waals surface area contributed by atoms with Gasteiger partial charge in [-0.2, -0.15) is 0 Å². The predicted octanol–water partition coefficient (Wildman–Crippen LogP) is 2.34. The molecule has 2 amide bonds. The van der Waals surface area contributed by atoms with E-state index in [1.165, 1.54) is 5.56 Å². The van der Waals surface area contributed by atoms with Crippen LogP contribution in [0.25, 0.3) is 0 Å². The number of carbonyl (C=O) groups excluding carboxylic acids is 1. The van der Waals surface area contributed by atoms with Gasteiger partial charge in [-0.3, -0.25) is 0 Å². The minimum atomic E-state index is -0.504. The second-order valence-corrected chi connectivity index (χ2v) is 7.23. The highest BCUT2D eigenvalue weighted by Gasteiger charge is 2.18. The average Bonchev–Trinajstić information content (AvgIpc) is 3.11. The van der Waals surface area contributed by atoms with E-state index in [0.717, 1.165) is 24.2 Å². The first kappa shape index (κ1) is 20.7. The smallest absolute Gasteiger partial charge is 0.312 e. The van der Waals surface area contributed by atoms with Crippen molar-refractivity contribution >= 4 is 11.7 Å². The fraction of sp³-hybridized carbons (Fsp3) is 0.526. The number of aromatic nitrogens is 3. The fourth-order valence-electron chi connectivity index (χ4n) is 2.75. The number of amides is 2. The second-order valence-electron chi connectivity index (χ2n) is 7.23. The van der Waals surface area contributed by atoms with Gasteiger partial charge in [-0.1, -0.05) is 36.8 Å². The molecule has 8 heteroatoms. The van der Waals surface area contributed by atoms with Gasteiger partial charge < -0.3 is 22.1 Å². The Kier molecular flexibility index (Phi) is 7.60. The molecule has 0 fully saturated rings. The van der Waals surface area contributed by atoms with Crippen molar-refractivity contribution in [3.05, 3.63) is 41.7 Å². The van der Waals surface area contributed by atoms with Crippen LogP contribution < -0.4 is 22.1 Å². The van der Waals surface area contributed by atoms with Crippen molar-refractivity contribution < 1.29 is 4.79 Å². The molecule has 0 unspecified atom stereocenters. The molecule has 0 radical (unpaired) electrons. The third-order valence-corrected chi connectivity index (χ3v) is 4.57. The number of primary amides is 1. The lowest BCUT2D eigenvalue weighted by molar-refractivity contribution is 0.248. The van der Waals surface area contributed by atoms with E-state index in [4.69, 9.17) is 11.5 Å². The van der Waals surface area contributed by atoms with Crippen LogP contribution in [-0.2, 0) is 0 Å². The quantitative estimate of drug-likeness (QED) is 0.476. The number of nitrogens with two attached hydrogens (primary N) is 2. The molecule has 0 aliphatic rings. The van der Waals surface area contributed by atoms with Crippen LogP contribution in [0.1, 0.15) is 50.0 Å². The fourth-order valence-corrected chi connectivity index (χ4v) is 2.75. The Bertz CT molecular complexity index is 711. The normalized spacial score (nSPS) is 13.4. The molecule has 0 bridgehead atoms. The lowest BCUT2D eigenvalue weighted by Crippen LogP contribution is -2.30. The molecule has 2 atom stereocenters. The van der Waals surface area contributed by atoms with E-state index >= 15 is 0 Å². The first-order valence-corrected chi connectivity index (χ1v) is 9.38. The van der Waals surface area contributed by atoms with Crippen molar-refractivity contribution in [3.63, 3.8) is 0 Å². The van der Waals surface area contributed by atoms with Crippen molar-refractivity contribution in [3.8, 4) is 0 Å².